The number of aromatic nitrogens is 2. The first kappa shape index (κ1) is 10.4. The molecule has 0 fully saturated rings. The molecule has 2 aromatic heterocycles. The SMILES string of the molecule is COc1ccc2[nH]c3nc4ccccc4cc3c2c1. The van der Waals surface area contributed by atoms with Crippen molar-refractivity contribution in [1.82, 2.24) is 9.97 Å². The Morgan fingerprint density at radius 1 is 1.00 bits per heavy atom. The van der Waals surface area contributed by atoms with E-state index in [-0.39, 0.29) is 0 Å². The van der Waals surface area contributed by atoms with Crippen LogP contribution in [0, 0.1) is 0 Å². The maximum Gasteiger partial charge on any atom is 0.139 e. The average molecular weight is 248 g/mol. The number of fused-ring (bicyclic) bond motifs is 4. The van der Waals surface area contributed by atoms with Crippen molar-refractivity contribution < 1.29 is 4.74 Å². The summed E-state index contributed by atoms with van der Waals surface area (Å²) in [7, 11) is 1.68. The van der Waals surface area contributed by atoms with Gasteiger partial charge in [0.1, 0.15) is 11.4 Å². The Balaban J connectivity index is 2.17. The number of nitrogens with one attached hydrogen (secondary N) is 1. The van der Waals surface area contributed by atoms with E-state index in [2.05, 4.69) is 22.1 Å². The van der Waals surface area contributed by atoms with Gasteiger partial charge in [-0.1, -0.05) is 18.2 Å². The molecular formula is C16H12N2O. The predicted molar refractivity (Wildman–Crippen MR) is 77.7 cm³/mol. The maximum absolute atomic E-state index is 5.29. The monoisotopic (exact) mass is 248 g/mol. The van der Waals surface area contributed by atoms with Crippen LogP contribution in [0.5, 0.6) is 5.75 Å². The van der Waals surface area contributed by atoms with Crippen molar-refractivity contribution in [2.45, 2.75) is 0 Å². The van der Waals surface area contributed by atoms with Crippen LogP contribution in [-0.4, -0.2) is 17.1 Å². The standard InChI is InChI=1S/C16H12N2O/c1-19-11-6-7-15-12(9-11)13-8-10-4-2-3-5-14(10)17-16(13)18-15/h2-9H,1H3,(H,17,18). The van der Waals surface area contributed by atoms with Gasteiger partial charge in [-0.05, 0) is 30.3 Å². The molecule has 0 radical (unpaired) electrons. The molecule has 0 aliphatic carbocycles. The van der Waals surface area contributed by atoms with Crippen LogP contribution in [0.1, 0.15) is 0 Å². The summed E-state index contributed by atoms with van der Waals surface area (Å²) in [4.78, 5) is 8.03. The van der Waals surface area contributed by atoms with Crippen molar-refractivity contribution in [1.29, 1.82) is 0 Å². The molecule has 0 unspecified atom stereocenters. The van der Waals surface area contributed by atoms with Crippen LogP contribution in [0.3, 0.4) is 0 Å². The van der Waals surface area contributed by atoms with Crippen molar-refractivity contribution in [3.05, 3.63) is 48.5 Å². The molecule has 1 N–H and O–H groups in total. The fourth-order valence-electron chi connectivity index (χ4n) is 2.53. The summed E-state index contributed by atoms with van der Waals surface area (Å²) in [6.07, 6.45) is 0. The highest BCUT2D eigenvalue weighted by molar-refractivity contribution is 6.09. The fourth-order valence-corrected chi connectivity index (χ4v) is 2.53. The van der Waals surface area contributed by atoms with E-state index in [0.29, 0.717) is 0 Å². The molecule has 19 heavy (non-hydrogen) atoms. The number of benzene rings is 2. The second-order valence-corrected chi connectivity index (χ2v) is 4.61. The Labute approximate surface area is 109 Å². The van der Waals surface area contributed by atoms with Crippen LogP contribution < -0.4 is 4.74 Å². The molecule has 0 aliphatic heterocycles. The highest BCUT2D eigenvalue weighted by atomic mass is 16.5. The lowest BCUT2D eigenvalue weighted by Crippen LogP contribution is -1.81. The predicted octanol–water partition coefficient (Wildman–Crippen LogP) is 3.88. The second kappa shape index (κ2) is 3.72. The van der Waals surface area contributed by atoms with Crippen molar-refractivity contribution in [3.8, 4) is 5.75 Å². The van der Waals surface area contributed by atoms with Crippen LogP contribution in [0.2, 0.25) is 0 Å². The third-order valence-corrected chi connectivity index (χ3v) is 3.49. The van der Waals surface area contributed by atoms with Gasteiger partial charge in [-0.15, -0.1) is 0 Å². The van der Waals surface area contributed by atoms with E-state index in [1.54, 1.807) is 7.11 Å². The molecule has 0 atom stereocenters. The molecule has 0 bridgehead atoms. The molecule has 3 nitrogen and oxygen atoms in total. The number of H-pyrrole nitrogens is 1. The molecule has 2 aromatic carbocycles. The number of para-hydroxylation sites is 1. The normalized spacial score (nSPS) is 11.4. The quantitative estimate of drug-likeness (QED) is 0.555. The summed E-state index contributed by atoms with van der Waals surface area (Å²) in [5.41, 5.74) is 3.01. The van der Waals surface area contributed by atoms with Crippen molar-refractivity contribution in [2.24, 2.45) is 0 Å². The van der Waals surface area contributed by atoms with Crippen molar-refractivity contribution in [2.75, 3.05) is 7.11 Å². The third-order valence-electron chi connectivity index (χ3n) is 3.49. The Morgan fingerprint density at radius 2 is 1.89 bits per heavy atom. The van der Waals surface area contributed by atoms with Crippen LogP contribution in [-0.2, 0) is 0 Å². The van der Waals surface area contributed by atoms with Crippen molar-refractivity contribution in [3.63, 3.8) is 0 Å². The van der Waals surface area contributed by atoms with Gasteiger partial charge in [-0.25, -0.2) is 4.98 Å². The van der Waals surface area contributed by atoms with E-state index in [4.69, 9.17) is 4.74 Å². The topological polar surface area (TPSA) is 37.9 Å². The Bertz CT molecular complexity index is 908. The van der Waals surface area contributed by atoms with Gasteiger partial charge in [0.15, 0.2) is 0 Å². The molecule has 0 saturated heterocycles. The summed E-state index contributed by atoms with van der Waals surface area (Å²) in [6, 6.07) is 16.4. The van der Waals surface area contributed by atoms with E-state index < -0.39 is 0 Å². The smallest absolute Gasteiger partial charge is 0.139 e. The summed E-state index contributed by atoms with van der Waals surface area (Å²) < 4.78 is 5.29. The average Bonchev–Trinajstić information content (AvgIpc) is 2.81. The van der Waals surface area contributed by atoms with Gasteiger partial charge in [0.25, 0.3) is 0 Å². The number of aromatic amines is 1. The largest absolute Gasteiger partial charge is 0.497 e. The number of rotatable bonds is 1. The first-order valence-electron chi connectivity index (χ1n) is 6.20. The van der Waals surface area contributed by atoms with Crippen LogP contribution in [0.4, 0.5) is 0 Å². The molecule has 4 aromatic rings. The fraction of sp³-hybridized carbons (Fsp3) is 0.0625. The van der Waals surface area contributed by atoms with E-state index in [1.807, 2.05) is 36.4 Å². The minimum absolute atomic E-state index is 0.863. The minimum Gasteiger partial charge on any atom is -0.497 e. The second-order valence-electron chi connectivity index (χ2n) is 4.61. The summed E-state index contributed by atoms with van der Waals surface area (Å²) in [5.74, 6) is 0.863. The molecule has 4 rings (SSSR count). The zero-order valence-electron chi connectivity index (χ0n) is 10.5. The van der Waals surface area contributed by atoms with Gasteiger partial charge in [0.05, 0.1) is 12.6 Å². The third kappa shape index (κ3) is 1.48. The van der Waals surface area contributed by atoms with Gasteiger partial charge < -0.3 is 9.72 Å². The Kier molecular flexibility index (Phi) is 2.03. The summed E-state index contributed by atoms with van der Waals surface area (Å²) in [6.45, 7) is 0. The van der Waals surface area contributed by atoms with E-state index in [9.17, 15) is 0 Å². The first-order chi connectivity index (χ1) is 9.35. The minimum atomic E-state index is 0.863. The maximum atomic E-state index is 5.29. The lowest BCUT2D eigenvalue weighted by atomic mass is 10.1. The summed E-state index contributed by atoms with van der Waals surface area (Å²) in [5, 5.41) is 3.43. The van der Waals surface area contributed by atoms with Gasteiger partial charge in [0, 0.05) is 21.7 Å². The molecule has 0 aliphatic rings. The number of hydrogen-bond donors (Lipinski definition) is 1. The van der Waals surface area contributed by atoms with Crippen LogP contribution >= 0.6 is 0 Å². The molecule has 0 spiro atoms. The number of pyridine rings is 1. The lowest BCUT2D eigenvalue weighted by Gasteiger charge is -1.99. The highest BCUT2D eigenvalue weighted by Gasteiger charge is 2.07. The first-order valence-corrected chi connectivity index (χ1v) is 6.20. The Morgan fingerprint density at radius 3 is 2.79 bits per heavy atom. The van der Waals surface area contributed by atoms with Crippen LogP contribution in [0.25, 0.3) is 32.8 Å². The number of methoxy groups -OCH3 is 1. The molecule has 92 valence electrons. The van der Waals surface area contributed by atoms with Gasteiger partial charge in [0.2, 0.25) is 0 Å². The lowest BCUT2D eigenvalue weighted by molar-refractivity contribution is 0.415. The van der Waals surface area contributed by atoms with Gasteiger partial charge in [-0.3, -0.25) is 0 Å². The molecule has 2 heterocycles. The van der Waals surface area contributed by atoms with E-state index in [0.717, 1.165) is 38.6 Å². The van der Waals surface area contributed by atoms with Gasteiger partial charge in [-0.2, -0.15) is 0 Å². The number of hydrogen-bond acceptors (Lipinski definition) is 2. The van der Waals surface area contributed by atoms with E-state index in [1.165, 1.54) is 0 Å². The highest BCUT2D eigenvalue weighted by Crippen LogP contribution is 2.29. The Hall–Kier alpha value is -2.55. The summed E-state index contributed by atoms with van der Waals surface area (Å²) >= 11 is 0. The van der Waals surface area contributed by atoms with Gasteiger partial charge >= 0.3 is 0 Å². The molecule has 3 heteroatoms. The molecule has 0 saturated carbocycles. The number of ether oxygens (including phenoxy) is 1. The molecule has 0 amide bonds. The zero-order valence-corrected chi connectivity index (χ0v) is 10.5. The number of nitrogens with zero attached hydrogens (tertiary/aromatic N) is 1. The molecular weight excluding hydrogens is 236 g/mol. The van der Waals surface area contributed by atoms with Crippen LogP contribution in [0.15, 0.2) is 48.5 Å². The van der Waals surface area contributed by atoms with E-state index >= 15 is 0 Å². The van der Waals surface area contributed by atoms with Crippen molar-refractivity contribution >= 4 is 32.8 Å². The zero-order chi connectivity index (χ0) is 12.8.